The Morgan fingerprint density at radius 3 is 2.82 bits per heavy atom. The lowest BCUT2D eigenvalue weighted by Gasteiger charge is -2.21. The van der Waals surface area contributed by atoms with E-state index in [0.29, 0.717) is 0 Å². The summed E-state index contributed by atoms with van der Waals surface area (Å²) in [5.41, 5.74) is 8.16. The lowest BCUT2D eigenvalue weighted by atomic mass is 10.1. The number of anilines is 1. The van der Waals surface area contributed by atoms with Crippen LogP contribution in [-0.4, -0.2) is 43.0 Å². The van der Waals surface area contributed by atoms with E-state index in [1.807, 2.05) is 6.07 Å². The molecule has 4 heteroatoms. The number of nitrogens with zero attached hydrogens (tertiary/aromatic N) is 2. The highest BCUT2D eigenvalue weighted by atomic mass is 79.9. The molecule has 1 aromatic rings. The topological polar surface area (TPSA) is 32.5 Å². The second kappa shape index (κ2) is 5.85. The molecule has 1 saturated heterocycles. The van der Waals surface area contributed by atoms with E-state index in [1.165, 1.54) is 25.1 Å². The lowest BCUT2D eigenvalue weighted by Crippen LogP contribution is -2.28. The summed E-state index contributed by atoms with van der Waals surface area (Å²) in [6.07, 6.45) is 1.24. The number of likely N-dealkylation sites (N-methyl/N-ethyl adjacent to an activating group) is 1. The average molecular weight is 298 g/mol. The van der Waals surface area contributed by atoms with Gasteiger partial charge in [-0.05, 0) is 44.3 Å². The van der Waals surface area contributed by atoms with Crippen LogP contribution < -0.4 is 5.73 Å². The Bertz CT molecular complexity index is 381. The van der Waals surface area contributed by atoms with Gasteiger partial charge in [-0.25, -0.2) is 0 Å². The molecule has 0 bridgehead atoms. The SMILES string of the molecule is CN1CCCN(Cc2ccc(Br)cc2N)CC1. The molecular formula is C13H20BrN3. The van der Waals surface area contributed by atoms with Crippen LogP contribution in [0.5, 0.6) is 0 Å². The van der Waals surface area contributed by atoms with E-state index >= 15 is 0 Å². The molecule has 1 heterocycles. The molecule has 2 N–H and O–H groups in total. The number of benzene rings is 1. The van der Waals surface area contributed by atoms with Gasteiger partial charge >= 0.3 is 0 Å². The van der Waals surface area contributed by atoms with Gasteiger partial charge < -0.3 is 10.6 Å². The van der Waals surface area contributed by atoms with Crippen LogP contribution in [0.25, 0.3) is 0 Å². The molecule has 0 aromatic heterocycles. The van der Waals surface area contributed by atoms with Crippen molar-refractivity contribution in [3.05, 3.63) is 28.2 Å². The van der Waals surface area contributed by atoms with Gasteiger partial charge in [-0.15, -0.1) is 0 Å². The molecule has 94 valence electrons. The standard InChI is InChI=1S/C13H20BrN3/c1-16-5-2-6-17(8-7-16)10-11-3-4-12(14)9-13(11)15/h3-4,9H,2,5-8,10,15H2,1H3. The lowest BCUT2D eigenvalue weighted by molar-refractivity contribution is 0.269. The molecule has 1 aromatic carbocycles. The predicted octanol–water partition coefficient (Wildman–Crippen LogP) is 2.17. The minimum Gasteiger partial charge on any atom is -0.398 e. The first-order valence-electron chi connectivity index (χ1n) is 6.10. The smallest absolute Gasteiger partial charge is 0.0371 e. The summed E-state index contributed by atoms with van der Waals surface area (Å²) >= 11 is 3.44. The van der Waals surface area contributed by atoms with Gasteiger partial charge in [0.1, 0.15) is 0 Å². The summed E-state index contributed by atoms with van der Waals surface area (Å²) in [5.74, 6) is 0. The number of hydrogen-bond acceptors (Lipinski definition) is 3. The molecule has 1 aliphatic heterocycles. The highest BCUT2D eigenvalue weighted by Crippen LogP contribution is 2.20. The first-order valence-corrected chi connectivity index (χ1v) is 6.89. The monoisotopic (exact) mass is 297 g/mol. The van der Waals surface area contributed by atoms with Gasteiger partial charge in [0.05, 0.1) is 0 Å². The second-order valence-electron chi connectivity index (χ2n) is 4.78. The highest BCUT2D eigenvalue weighted by molar-refractivity contribution is 9.10. The molecule has 0 radical (unpaired) electrons. The summed E-state index contributed by atoms with van der Waals surface area (Å²) < 4.78 is 1.05. The Balaban J connectivity index is 2.00. The van der Waals surface area contributed by atoms with Crippen molar-refractivity contribution in [2.45, 2.75) is 13.0 Å². The Morgan fingerprint density at radius 2 is 2.06 bits per heavy atom. The molecule has 0 amide bonds. The summed E-state index contributed by atoms with van der Waals surface area (Å²) in [4.78, 5) is 4.88. The van der Waals surface area contributed by atoms with Crippen molar-refractivity contribution in [3.8, 4) is 0 Å². The van der Waals surface area contributed by atoms with Crippen LogP contribution in [-0.2, 0) is 6.54 Å². The first kappa shape index (κ1) is 12.9. The Labute approximate surface area is 112 Å². The van der Waals surface area contributed by atoms with Crippen LogP contribution in [0.15, 0.2) is 22.7 Å². The Hall–Kier alpha value is -0.580. The zero-order valence-corrected chi connectivity index (χ0v) is 11.9. The number of hydrogen-bond donors (Lipinski definition) is 1. The van der Waals surface area contributed by atoms with E-state index in [-0.39, 0.29) is 0 Å². The van der Waals surface area contributed by atoms with Crippen molar-refractivity contribution >= 4 is 21.6 Å². The first-order chi connectivity index (χ1) is 8.15. The molecule has 0 aliphatic carbocycles. The van der Waals surface area contributed by atoms with Crippen LogP contribution in [0, 0.1) is 0 Å². The van der Waals surface area contributed by atoms with Crippen molar-refractivity contribution in [1.82, 2.24) is 9.80 Å². The quantitative estimate of drug-likeness (QED) is 0.849. The molecule has 1 fully saturated rings. The van der Waals surface area contributed by atoms with Crippen LogP contribution in [0.4, 0.5) is 5.69 Å². The fourth-order valence-electron chi connectivity index (χ4n) is 2.21. The fraction of sp³-hybridized carbons (Fsp3) is 0.538. The zero-order chi connectivity index (χ0) is 12.3. The molecule has 0 spiro atoms. The molecule has 0 saturated carbocycles. The van der Waals surface area contributed by atoms with Gasteiger partial charge in [-0.2, -0.15) is 0 Å². The van der Waals surface area contributed by atoms with Crippen molar-refractivity contribution in [2.24, 2.45) is 0 Å². The fourth-order valence-corrected chi connectivity index (χ4v) is 2.59. The van der Waals surface area contributed by atoms with Gasteiger partial charge in [0, 0.05) is 29.8 Å². The van der Waals surface area contributed by atoms with Crippen molar-refractivity contribution in [2.75, 3.05) is 39.0 Å². The van der Waals surface area contributed by atoms with Gasteiger partial charge in [0.15, 0.2) is 0 Å². The van der Waals surface area contributed by atoms with E-state index in [1.54, 1.807) is 0 Å². The zero-order valence-electron chi connectivity index (χ0n) is 10.3. The number of halogens is 1. The number of rotatable bonds is 2. The van der Waals surface area contributed by atoms with Crippen molar-refractivity contribution in [1.29, 1.82) is 0 Å². The Morgan fingerprint density at radius 1 is 1.24 bits per heavy atom. The van der Waals surface area contributed by atoms with E-state index in [0.717, 1.165) is 29.8 Å². The van der Waals surface area contributed by atoms with Gasteiger partial charge in [-0.1, -0.05) is 22.0 Å². The minimum atomic E-state index is 0.886. The van der Waals surface area contributed by atoms with Gasteiger partial charge in [-0.3, -0.25) is 4.90 Å². The van der Waals surface area contributed by atoms with Gasteiger partial charge in [0.2, 0.25) is 0 Å². The average Bonchev–Trinajstić information content (AvgIpc) is 2.48. The second-order valence-corrected chi connectivity index (χ2v) is 5.69. The normalized spacial score (nSPS) is 19.2. The highest BCUT2D eigenvalue weighted by Gasteiger charge is 2.13. The van der Waals surface area contributed by atoms with E-state index in [2.05, 4.69) is 44.9 Å². The van der Waals surface area contributed by atoms with Crippen LogP contribution in [0.3, 0.4) is 0 Å². The third-order valence-electron chi connectivity index (χ3n) is 3.31. The summed E-state index contributed by atoms with van der Waals surface area (Å²) in [7, 11) is 2.19. The van der Waals surface area contributed by atoms with Crippen LogP contribution in [0.2, 0.25) is 0 Å². The summed E-state index contributed by atoms with van der Waals surface area (Å²) in [6, 6.07) is 6.17. The largest absolute Gasteiger partial charge is 0.398 e. The van der Waals surface area contributed by atoms with Crippen LogP contribution in [0.1, 0.15) is 12.0 Å². The molecule has 0 atom stereocenters. The number of nitrogens with two attached hydrogens (primary N) is 1. The van der Waals surface area contributed by atoms with Crippen molar-refractivity contribution in [3.63, 3.8) is 0 Å². The van der Waals surface area contributed by atoms with Crippen LogP contribution >= 0.6 is 15.9 Å². The molecule has 1 aliphatic rings. The summed E-state index contributed by atoms with van der Waals surface area (Å²) in [5, 5.41) is 0. The molecule has 2 rings (SSSR count). The minimum absolute atomic E-state index is 0.886. The predicted molar refractivity (Wildman–Crippen MR) is 75.9 cm³/mol. The third-order valence-corrected chi connectivity index (χ3v) is 3.81. The Kier molecular flexibility index (Phi) is 4.42. The summed E-state index contributed by atoms with van der Waals surface area (Å²) in [6.45, 7) is 5.61. The maximum atomic E-state index is 6.04. The maximum absolute atomic E-state index is 6.04. The van der Waals surface area contributed by atoms with Gasteiger partial charge in [0.25, 0.3) is 0 Å². The molecule has 17 heavy (non-hydrogen) atoms. The third kappa shape index (κ3) is 3.69. The van der Waals surface area contributed by atoms with E-state index < -0.39 is 0 Å². The maximum Gasteiger partial charge on any atom is 0.0371 e. The number of nitrogen functional groups attached to an aromatic ring is 1. The molecule has 0 unspecified atom stereocenters. The van der Waals surface area contributed by atoms with Crippen molar-refractivity contribution < 1.29 is 0 Å². The van der Waals surface area contributed by atoms with E-state index in [9.17, 15) is 0 Å². The molecular weight excluding hydrogens is 278 g/mol. The van der Waals surface area contributed by atoms with E-state index in [4.69, 9.17) is 5.73 Å². The molecule has 3 nitrogen and oxygen atoms in total.